The second-order valence-corrected chi connectivity index (χ2v) is 6.44. The van der Waals surface area contributed by atoms with Gasteiger partial charge in [-0.15, -0.1) is 11.8 Å². The van der Waals surface area contributed by atoms with Gasteiger partial charge in [-0.25, -0.2) is 0 Å². The van der Waals surface area contributed by atoms with Crippen LogP contribution in [0.4, 0.5) is 0 Å². The Balaban J connectivity index is 1.69. The van der Waals surface area contributed by atoms with Gasteiger partial charge < -0.3 is 10.1 Å². The number of thioether (sulfide) groups is 1. The minimum Gasteiger partial charge on any atom is -0.492 e. The number of benzene rings is 2. The highest BCUT2D eigenvalue weighted by molar-refractivity contribution is 8.00. The largest absolute Gasteiger partial charge is 0.492 e. The van der Waals surface area contributed by atoms with Crippen LogP contribution in [0.25, 0.3) is 0 Å². The van der Waals surface area contributed by atoms with Crippen molar-refractivity contribution in [3.05, 3.63) is 60.2 Å². The van der Waals surface area contributed by atoms with Crippen molar-refractivity contribution in [3.8, 4) is 5.75 Å². The van der Waals surface area contributed by atoms with Gasteiger partial charge in [0.1, 0.15) is 12.4 Å². The average molecular weight is 315 g/mol. The first-order valence-corrected chi connectivity index (χ1v) is 8.22. The van der Waals surface area contributed by atoms with Crippen LogP contribution in [0.5, 0.6) is 5.75 Å². The molecule has 0 aliphatic heterocycles. The molecular weight excluding hydrogens is 294 g/mol. The van der Waals surface area contributed by atoms with Gasteiger partial charge >= 0.3 is 0 Å². The van der Waals surface area contributed by atoms with E-state index in [-0.39, 0.29) is 11.2 Å². The zero-order valence-corrected chi connectivity index (χ0v) is 13.7. The molecule has 0 saturated heterocycles. The van der Waals surface area contributed by atoms with E-state index in [1.54, 1.807) is 11.8 Å². The minimum absolute atomic E-state index is 0.0298. The molecule has 2 aromatic carbocycles. The van der Waals surface area contributed by atoms with E-state index in [0.29, 0.717) is 13.2 Å². The van der Waals surface area contributed by atoms with E-state index in [1.165, 1.54) is 5.56 Å². The lowest BCUT2D eigenvalue weighted by molar-refractivity contribution is -0.120. The molecule has 0 heterocycles. The highest BCUT2D eigenvalue weighted by atomic mass is 32.2. The minimum atomic E-state index is -0.126. The summed E-state index contributed by atoms with van der Waals surface area (Å²) in [5.41, 5.74) is 1.22. The quantitative estimate of drug-likeness (QED) is 0.626. The predicted molar refractivity (Wildman–Crippen MR) is 91.4 cm³/mol. The number of rotatable bonds is 7. The third-order valence-corrected chi connectivity index (χ3v) is 4.23. The maximum Gasteiger partial charge on any atom is 0.233 e. The summed E-state index contributed by atoms with van der Waals surface area (Å²) < 4.78 is 5.55. The van der Waals surface area contributed by atoms with Gasteiger partial charge in [0.2, 0.25) is 5.91 Å². The first kappa shape index (κ1) is 16.4. The molecule has 2 rings (SSSR count). The van der Waals surface area contributed by atoms with Crippen molar-refractivity contribution < 1.29 is 9.53 Å². The van der Waals surface area contributed by atoms with Crippen molar-refractivity contribution in [1.82, 2.24) is 5.32 Å². The number of ether oxygens (including phenoxy) is 1. The number of hydrogen-bond donors (Lipinski definition) is 1. The third-order valence-electron chi connectivity index (χ3n) is 3.12. The van der Waals surface area contributed by atoms with Crippen LogP contribution in [0, 0.1) is 6.92 Å². The Kier molecular flexibility index (Phi) is 6.34. The molecule has 0 spiro atoms. The van der Waals surface area contributed by atoms with Gasteiger partial charge in [0.25, 0.3) is 0 Å². The molecule has 0 bridgehead atoms. The second-order valence-electron chi connectivity index (χ2n) is 5.03. The average Bonchev–Trinajstić information content (AvgIpc) is 2.54. The fourth-order valence-corrected chi connectivity index (χ4v) is 2.77. The van der Waals surface area contributed by atoms with E-state index >= 15 is 0 Å². The Morgan fingerprint density at radius 1 is 1.14 bits per heavy atom. The lowest BCUT2D eigenvalue weighted by atomic mass is 10.2. The van der Waals surface area contributed by atoms with Crippen molar-refractivity contribution in [2.24, 2.45) is 0 Å². The van der Waals surface area contributed by atoms with Crippen LogP contribution in [0.2, 0.25) is 0 Å². The summed E-state index contributed by atoms with van der Waals surface area (Å²) in [6.07, 6.45) is 0. The summed E-state index contributed by atoms with van der Waals surface area (Å²) in [6, 6.07) is 17.8. The first-order valence-electron chi connectivity index (χ1n) is 7.34. The molecule has 0 aliphatic carbocycles. The van der Waals surface area contributed by atoms with Crippen molar-refractivity contribution >= 4 is 17.7 Å². The molecule has 0 unspecified atom stereocenters. The van der Waals surface area contributed by atoms with E-state index in [0.717, 1.165) is 10.6 Å². The lowest BCUT2D eigenvalue weighted by Gasteiger charge is -2.12. The molecule has 0 saturated carbocycles. The SMILES string of the molecule is Cc1ccc(S[C@H](C)C(=O)NCCOc2ccccc2)cc1. The monoisotopic (exact) mass is 315 g/mol. The van der Waals surface area contributed by atoms with E-state index in [2.05, 4.69) is 24.4 Å². The summed E-state index contributed by atoms with van der Waals surface area (Å²) in [7, 11) is 0. The molecule has 0 aromatic heterocycles. The summed E-state index contributed by atoms with van der Waals surface area (Å²) in [6.45, 7) is 4.94. The van der Waals surface area contributed by atoms with E-state index in [4.69, 9.17) is 4.74 Å². The Morgan fingerprint density at radius 3 is 2.50 bits per heavy atom. The standard InChI is InChI=1S/C18H21NO2S/c1-14-8-10-17(11-9-14)22-15(2)18(20)19-12-13-21-16-6-4-3-5-7-16/h3-11,15H,12-13H2,1-2H3,(H,19,20)/t15-/m1/s1. The normalized spacial score (nSPS) is 11.7. The Labute approximate surface area is 136 Å². The third kappa shape index (κ3) is 5.45. The van der Waals surface area contributed by atoms with Crippen LogP contribution in [-0.2, 0) is 4.79 Å². The fourth-order valence-electron chi connectivity index (χ4n) is 1.88. The number of carbonyl (C=O) groups excluding carboxylic acids is 1. The molecule has 0 radical (unpaired) electrons. The Bertz CT molecular complexity index is 584. The molecule has 1 atom stereocenters. The smallest absolute Gasteiger partial charge is 0.233 e. The van der Waals surface area contributed by atoms with Crippen LogP contribution in [0.1, 0.15) is 12.5 Å². The topological polar surface area (TPSA) is 38.3 Å². The van der Waals surface area contributed by atoms with Crippen molar-refractivity contribution in [2.45, 2.75) is 24.0 Å². The number of hydrogen-bond acceptors (Lipinski definition) is 3. The van der Waals surface area contributed by atoms with Crippen molar-refractivity contribution in [3.63, 3.8) is 0 Å². The van der Waals surface area contributed by atoms with Gasteiger partial charge in [0.05, 0.1) is 11.8 Å². The summed E-state index contributed by atoms with van der Waals surface area (Å²) >= 11 is 1.56. The predicted octanol–water partition coefficient (Wildman–Crippen LogP) is 3.67. The Hall–Kier alpha value is -1.94. The van der Waals surface area contributed by atoms with Gasteiger partial charge in [0.15, 0.2) is 0 Å². The van der Waals surface area contributed by atoms with Crippen LogP contribution < -0.4 is 10.1 Å². The lowest BCUT2D eigenvalue weighted by Crippen LogP contribution is -2.33. The van der Waals surface area contributed by atoms with Gasteiger partial charge in [-0.1, -0.05) is 35.9 Å². The van der Waals surface area contributed by atoms with E-state index < -0.39 is 0 Å². The molecule has 116 valence electrons. The number of carbonyl (C=O) groups is 1. The number of amides is 1. The molecule has 0 aliphatic rings. The van der Waals surface area contributed by atoms with Crippen LogP contribution in [0.15, 0.2) is 59.5 Å². The Morgan fingerprint density at radius 2 is 1.82 bits per heavy atom. The molecule has 3 nitrogen and oxygen atoms in total. The van der Waals surface area contributed by atoms with E-state index in [1.807, 2.05) is 49.4 Å². The maximum atomic E-state index is 12.0. The molecular formula is C18H21NO2S. The number of nitrogens with one attached hydrogen (secondary N) is 1. The van der Waals surface area contributed by atoms with Gasteiger partial charge in [-0.05, 0) is 38.1 Å². The molecule has 1 amide bonds. The zero-order chi connectivity index (χ0) is 15.8. The van der Waals surface area contributed by atoms with Crippen molar-refractivity contribution in [2.75, 3.05) is 13.2 Å². The molecule has 22 heavy (non-hydrogen) atoms. The summed E-state index contributed by atoms with van der Waals surface area (Å²) in [5.74, 6) is 0.848. The number of aryl methyl sites for hydroxylation is 1. The van der Waals surface area contributed by atoms with Crippen molar-refractivity contribution in [1.29, 1.82) is 0 Å². The maximum absolute atomic E-state index is 12.0. The van der Waals surface area contributed by atoms with Crippen LogP contribution in [0.3, 0.4) is 0 Å². The van der Waals surface area contributed by atoms with Gasteiger partial charge in [0, 0.05) is 4.90 Å². The fraction of sp³-hybridized carbons (Fsp3) is 0.278. The van der Waals surface area contributed by atoms with Gasteiger partial charge in [-0.3, -0.25) is 4.79 Å². The number of para-hydroxylation sites is 1. The summed E-state index contributed by atoms with van der Waals surface area (Å²) in [4.78, 5) is 13.1. The highest BCUT2D eigenvalue weighted by Crippen LogP contribution is 2.23. The van der Waals surface area contributed by atoms with Crippen LogP contribution in [-0.4, -0.2) is 24.3 Å². The molecule has 0 fully saturated rings. The zero-order valence-electron chi connectivity index (χ0n) is 12.9. The van der Waals surface area contributed by atoms with E-state index in [9.17, 15) is 4.79 Å². The van der Waals surface area contributed by atoms with Gasteiger partial charge in [-0.2, -0.15) is 0 Å². The molecule has 4 heteroatoms. The second kappa shape index (κ2) is 8.49. The molecule has 2 aromatic rings. The highest BCUT2D eigenvalue weighted by Gasteiger charge is 2.13. The molecule has 1 N–H and O–H groups in total. The summed E-state index contributed by atoms with van der Waals surface area (Å²) in [5, 5.41) is 2.77. The van der Waals surface area contributed by atoms with Crippen LogP contribution >= 0.6 is 11.8 Å². The first-order chi connectivity index (χ1) is 10.6.